The van der Waals surface area contributed by atoms with E-state index in [1.54, 1.807) is 42.6 Å². The molecule has 0 saturated heterocycles. The first-order valence-corrected chi connectivity index (χ1v) is 11.3. The van der Waals surface area contributed by atoms with Gasteiger partial charge in [-0.1, -0.05) is 41.1 Å². The number of benzene rings is 3. The smallest absolute Gasteiger partial charge is 0.276 e. The van der Waals surface area contributed by atoms with Gasteiger partial charge in [0, 0.05) is 38.8 Å². The molecule has 0 bridgehead atoms. The second kappa shape index (κ2) is 10.4. The summed E-state index contributed by atoms with van der Waals surface area (Å²) in [7, 11) is 0. The molecular formula is C24H19ClN4O4S. The summed E-state index contributed by atoms with van der Waals surface area (Å²) in [5.74, 6) is 0.123. The molecule has 0 aliphatic rings. The topological polar surface area (TPSA) is 99.3 Å². The first-order chi connectivity index (χ1) is 16.4. The zero-order chi connectivity index (χ0) is 24.1. The van der Waals surface area contributed by atoms with E-state index in [0.29, 0.717) is 21.4 Å². The zero-order valence-corrected chi connectivity index (χ0v) is 19.5. The molecule has 172 valence electrons. The van der Waals surface area contributed by atoms with Crippen LogP contribution < -0.4 is 10.1 Å². The van der Waals surface area contributed by atoms with Crippen molar-refractivity contribution >= 4 is 40.6 Å². The molecule has 0 radical (unpaired) electrons. The van der Waals surface area contributed by atoms with Gasteiger partial charge in [-0.3, -0.25) is 14.9 Å². The number of ether oxygens (including phenoxy) is 1. The molecule has 0 atom stereocenters. The van der Waals surface area contributed by atoms with Gasteiger partial charge in [0.25, 0.3) is 11.6 Å². The van der Waals surface area contributed by atoms with Gasteiger partial charge < -0.3 is 10.1 Å². The number of nitro groups is 1. The van der Waals surface area contributed by atoms with Crippen LogP contribution >= 0.6 is 23.4 Å². The maximum atomic E-state index is 12.7. The Labute approximate surface area is 204 Å². The molecule has 1 amide bonds. The third-order valence-corrected chi connectivity index (χ3v) is 5.90. The van der Waals surface area contributed by atoms with Crippen LogP contribution in [-0.4, -0.2) is 20.6 Å². The van der Waals surface area contributed by atoms with E-state index in [-0.39, 0.29) is 18.1 Å². The van der Waals surface area contributed by atoms with E-state index in [2.05, 4.69) is 10.4 Å². The number of aromatic nitrogens is 2. The normalized spacial score (nSPS) is 10.6. The number of hydrogen-bond donors (Lipinski definition) is 1. The summed E-state index contributed by atoms with van der Waals surface area (Å²) in [5, 5.41) is 18.9. The van der Waals surface area contributed by atoms with Crippen LogP contribution in [0.4, 0.5) is 11.4 Å². The van der Waals surface area contributed by atoms with Gasteiger partial charge in [-0.05, 0) is 55.5 Å². The molecule has 4 aromatic rings. The maximum absolute atomic E-state index is 12.7. The highest BCUT2D eigenvalue weighted by atomic mass is 35.5. The number of aryl methyl sites for hydroxylation is 1. The molecule has 3 aromatic carbocycles. The van der Waals surface area contributed by atoms with Crippen LogP contribution in [0.15, 0.2) is 88.8 Å². The molecule has 0 unspecified atom stereocenters. The van der Waals surface area contributed by atoms with Gasteiger partial charge in [0.2, 0.25) is 0 Å². The van der Waals surface area contributed by atoms with Crippen molar-refractivity contribution in [1.82, 2.24) is 9.78 Å². The van der Waals surface area contributed by atoms with Gasteiger partial charge in [-0.15, -0.1) is 0 Å². The molecule has 1 N–H and O–H groups in total. The molecule has 0 saturated carbocycles. The minimum Gasteiger partial charge on any atom is -0.471 e. The predicted octanol–water partition coefficient (Wildman–Crippen LogP) is 6.19. The lowest BCUT2D eigenvalue weighted by atomic mass is 10.2. The molecule has 0 spiro atoms. The van der Waals surface area contributed by atoms with Gasteiger partial charge in [0.1, 0.15) is 5.75 Å². The number of carbonyl (C=O) groups is 1. The summed E-state index contributed by atoms with van der Waals surface area (Å²) < 4.78 is 7.08. The van der Waals surface area contributed by atoms with E-state index in [0.717, 1.165) is 10.5 Å². The second-order valence-corrected chi connectivity index (χ2v) is 8.89. The summed E-state index contributed by atoms with van der Waals surface area (Å²) in [6.07, 6.45) is 1.61. The quantitative estimate of drug-likeness (QED) is 0.231. The van der Waals surface area contributed by atoms with Crippen LogP contribution in [0.25, 0.3) is 0 Å². The minimum atomic E-state index is -0.489. The number of nitrogens with one attached hydrogen (secondary N) is 1. The molecule has 1 aromatic heterocycles. The Morgan fingerprint density at radius 1 is 1.09 bits per heavy atom. The van der Waals surface area contributed by atoms with Gasteiger partial charge in [0.05, 0.1) is 4.92 Å². The summed E-state index contributed by atoms with van der Waals surface area (Å²) in [4.78, 5) is 25.2. The van der Waals surface area contributed by atoms with Crippen molar-refractivity contribution in [3.05, 3.63) is 105 Å². The summed E-state index contributed by atoms with van der Waals surface area (Å²) in [6, 6.07) is 20.7. The fraction of sp³-hybridized carbons (Fsp3) is 0.0833. The first-order valence-electron chi connectivity index (χ1n) is 10.1. The van der Waals surface area contributed by atoms with Crippen molar-refractivity contribution in [2.75, 3.05) is 5.32 Å². The SMILES string of the molecule is Cc1ccc(Sc2cc(NC(=O)c3ccn(COc4ccc(Cl)cc4)n3)cc([N+](=O)[O-])c2)cc1. The van der Waals surface area contributed by atoms with E-state index in [4.69, 9.17) is 16.3 Å². The van der Waals surface area contributed by atoms with Crippen molar-refractivity contribution in [3.63, 3.8) is 0 Å². The largest absolute Gasteiger partial charge is 0.471 e. The van der Waals surface area contributed by atoms with Crippen LogP contribution in [0.5, 0.6) is 5.75 Å². The number of halogens is 1. The fourth-order valence-corrected chi connectivity index (χ4v) is 4.02. The van der Waals surface area contributed by atoms with Crippen molar-refractivity contribution in [3.8, 4) is 5.75 Å². The first kappa shape index (κ1) is 23.3. The Morgan fingerprint density at radius 2 is 1.82 bits per heavy atom. The lowest BCUT2D eigenvalue weighted by Gasteiger charge is -2.08. The Bertz CT molecular complexity index is 1320. The number of rotatable bonds is 8. The number of anilines is 1. The van der Waals surface area contributed by atoms with Gasteiger partial charge in [0.15, 0.2) is 12.4 Å². The molecule has 8 nitrogen and oxygen atoms in total. The number of non-ortho nitro benzene ring substituents is 1. The van der Waals surface area contributed by atoms with E-state index in [9.17, 15) is 14.9 Å². The van der Waals surface area contributed by atoms with Crippen LogP contribution in [0.3, 0.4) is 0 Å². The lowest BCUT2D eigenvalue weighted by molar-refractivity contribution is -0.385. The zero-order valence-electron chi connectivity index (χ0n) is 18.0. The molecule has 34 heavy (non-hydrogen) atoms. The van der Waals surface area contributed by atoms with Crippen molar-refractivity contribution in [2.24, 2.45) is 0 Å². The number of nitrogens with zero attached hydrogens (tertiary/aromatic N) is 3. The van der Waals surface area contributed by atoms with Crippen molar-refractivity contribution < 1.29 is 14.5 Å². The molecule has 1 heterocycles. The summed E-state index contributed by atoms with van der Waals surface area (Å²) >= 11 is 7.23. The highest BCUT2D eigenvalue weighted by Crippen LogP contribution is 2.33. The Balaban J connectivity index is 1.45. The third kappa shape index (κ3) is 6.15. The number of carbonyl (C=O) groups excluding carboxylic acids is 1. The highest BCUT2D eigenvalue weighted by molar-refractivity contribution is 7.99. The van der Waals surface area contributed by atoms with E-state index in [1.165, 1.54) is 28.6 Å². The fourth-order valence-electron chi connectivity index (χ4n) is 2.98. The number of nitro benzene ring substituents is 1. The molecule has 4 rings (SSSR count). The summed E-state index contributed by atoms with van der Waals surface area (Å²) in [6.45, 7) is 2.09. The molecule has 0 aliphatic carbocycles. The van der Waals surface area contributed by atoms with Crippen LogP contribution in [-0.2, 0) is 6.73 Å². The van der Waals surface area contributed by atoms with Gasteiger partial charge in [-0.2, -0.15) is 5.10 Å². The summed E-state index contributed by atoms with van der Waals surface area (Å²) in [5.41, 5.74) is 1.46. The standard InChI is InChI=1S/C24H19ClN4O4S/c1-16-2-8-21(9-3-16)34-22-13-18(12-19(14-22)29(31)32)26-24(30)23-10-11-28(27-23)15-33-20-6-4-17(25)5-7-20/h2-14H,15H2,1H3,(H,26,30). The van der Waals surface area contributed by atoms with Gasteiger partial charge in [-0.25, -0.2) is 4.68 Å². The van der Waals surface area contributed by atoms with Crippen LogP contribution in [0, 0.1) is 17.0 Å². The predicted molar refractivity (Wildman–Crippen MR) is 131 cm³/mol. The average Bonchev–Trinajstić information content (AvgIpc) is 3.29. The van der Waals surface area contributed by atoms with E-state index < -0.39 is 10.8 Å². The van der Waals surface area contributed by atoms with Gasteiger partial charge >= 0.3 is 0 Å². The maximum Gasteiger partial charge on any atom is 0.276 e. The van der Waals surface area contributed by atoms with E-state index >= 15 is 0 Å². The highest BCUT2D eigenvalue weighted by Gasteiger charge is 2.15. The molecule has 0 fully saturated rings. The molecular weight excluding hydrogens is 476 g/mol. The molecule has 0 aliphatic heterocycles. The van der Waals surface area contributed by atoms with Crippen molar-refractivity contribution in [1.29, 1.82) is 0 Å². The monoisotopic (exact) mass is 494 g/mol. The number of hydrogen-bond acceptors (Lipinski definition) is 6. The molecule has 10 heteroatoms. The second-order valence-electron chi connectivity index (χ2n) is 7.31. The van der Waals surface area contributed by atoms with Crippen LogP contribution in [0.2, 0.25) is 5.02 Å². The lowest BCUT2D eigenvalue weighted by Crippen LogP contribution is -2.14. The van der Waals surface area contributed by atoms with Crippen molar-refractivity contribution in [2.45, 2.75) is 23.4 Å². The average molecular weight is 495 g/mol. The Hall–Kier alpha value is -3.82. The Kier molecular flexibility index (Phi) is 7.15. The third-order valence-electron chi connectivity index (χ3n) is 4.67. The van der Waals surface area contributed by atoms with Crippen LogP contribution in [0.1, 0.15) is 16.1 Å². The minimum absolute atomic E-state index is 0.100. The Morgan fingerprint density at radius 3 is 2.53 bits per heavy atom. The number of amides is 1. The van der Waals surface area contributed by atoms with E-state index in [1.807, 2.05) is 31.2 Å².